The van der Waals surface area contributed by atoms with Crippen LogP contribution in [0.3, 0.4) is 0 Å². The topological polar surface area (TPSA) is 52.7 Å². The van der Waals surface area contributed by atoms with Crippen LogP contribution in [0, 0.1) is 5.41 Å². The van der Waals surface area contributed by atoms with Gasteiger partial charge in [0.15, 0.2) is 0 Å². The molecule has 4 nitrogen and oxygen atoms in total. The molecule has 1 atom stereocenters. The van der Waals surface area contributed by atoms with Crippen LogP contribution < -0.4 is 10.6 Å². The Labute approximate surface area is 109 Å². The molecule has 0 saturated heterocycles. The average molecular weight is 248 g/mol. The minimum Gasteiger partial charge on any atom is -0.347 e. The van der Waals surface area contributed by atoms with Gasteiger partial charge in [-0.1, -0.05) is 13.3 Å². The van der Waals surface area contributed by atoms with Gasteiger partial charge in [0.05, 0.1) is 17.7 Å². The predicted octanol–water partition coefficient (Wildman–Crippen LogP) is 1.59. The lowest BCUT2D eigenvalue weighted by Gasteiger charge is -2.24. The van der Waals surface area contributed by atoms with E-state index in [-0.39, 0.29) is 0 Å². The Kier molecular flexibility index (Phi) is 3.39. The van der Waals surface area contributed by atoms with Gasteiger partial charge >= 0.3 is 0 Å². The molecule has 1 aromatic heterocycles. The molecular formula is C14H24N4. The molecule has 0 amide bonds. The highest BCUT2D eigenvalue weighted by Gasteiger charge is 2.40. The summed E-state index contributed by atoms with van der Waals surface area (Å²) in [6, 6.07) is 0.540. The summed E-state index contributed by atoms with van der Waals surface area (Å²) in [7, 11) is 0. The average Bonchev–Trinajstić information content (AvgIpc) is 2.97. The number of fused-ring (bicyclic) bond motifs is 1. The normalized spacial score (nSPS) is 24.8. The molecule has 1 aliphatic heterocycles. The Morgan fingerprint density at radius 2 is 2.39 bits per heavy atom. The fraction of sp³-hybridized carbons (Fsp3) is 0.786. The van der Waals surface area contributed by atoms with Crippen molar-refractivity contribution in [3.63, 3.8) is 0 Å². The van der Waals surface area contributed by atoms with E-state index in [0.29, 0.717) is 11.5 Å². The van der Waals surface area contributed by atoms with Crippen LogP contribution in [0.2, 0.25) is 0 Å². The summed E-state index contributed by atoms with van der Waals surface area (Å²) in [5.41, 5.74) is 3.16. The van der Waals surface area contributed by atoms with Gasteiger partial charge < -0.3 is 15.6 Å². The van der Waals surface area contributed by atoms with E-state index in [1.54, 1.807) is 0 Å². The summed E-state index contributed by atoms with van der Waals surface area (Å²) in [6.45, 7) is 5.49. The molecule has 18 heavy (non-hydrogen) atoms. The minimum absolute atomic E-state index is 0.540. The zero-order valence-electron chi connectivity index (χ0n) is 11.3. The molecule has 0 radical (unpaired) electrons. The van der Waals surface area contributed by atoms with E-state index in [1.165, 1.54) is 43.6 Å². The molecule has 3 rings (SSSR count). The molecule has 1 saturated carbocycles. The van der Waals surface area contributed by atoms with Crippen molar-refractivity contribution in [3.05, 3.63) is 17.7 Å². The quantitative estimate of drug-likeness (QED) is 0.716. The van der Waals surface area contributed by atoms with Crippen molar-refractivity contribution in [2.45, 2.75) is 51.6 Å². The van der Waals surface area contributed by atoms with Crippen molar-refractivity contribution in [3.8, 4) is 0 Å². The van der Waals surface area contributed by atoms with Crippen LogP contribution in [0.4, 0.5) is 0 Å². The summed E-state index contributed by atoms with van der Waals surface area (Å²) in [4.78, 5) is 7.57. The Morgan fingerprint density at radius 3 is 3.17 bits per heavy atom. The maximum absolute atomic E-state index is 4.38. The number of nitrogens with zero attached hydrogens (tertiary/aromatic N) is 1. The molecule has 4 heteroatoms. The second-order valence-corrected chi connectivity index (χ2v) is 5.99. The SMILES string of the molecule is CCCC1(CNCC2Cc3nc[nH]c3CN2)CC1. The first-order chi connectivity index (χ1) is 8.81. The third-order valence-electron chi connectivity index (χ3n) is 4.44. The van der Waals surface area contributed by atoms with Crippen LogP contribution >= 0.6 is 0 Å². The van der Waals surface area contributed by atoms with Gasteiger partial charge in [-0.3, -0.25) is 0 Å². The van der Waals surface area contributed by atoms with E-state index in [1.807, 2.05) is 6.33 Å². The summed E-state index contributed by atoms with van der Waals surface area (Å²) in [5, 5.41) is 7.23. The molecule has 1 aromatic rings. The van der Waals surface area contributed by atoms with Crippen LogP contribution in [-0.4, -0.2) is 29.1 Å². The molecule has 100 valence electrons. The largest absolute Gasteiger partial charge is 0.347 e. The fourth-order valence-electron chi connectivity index (χ4n) is 3.11. The summed E-state index contributed by atoms with van der Waals surface area (Å²) >= 11 is 0. The molecule has 0 spiro atoms. The number of aromatic nitrogens is 2. The van der Waals surface area contributed by atoms with Crippen molar-refractivity contribution >= 4 is 0 Å². The smallest absolute Gasteiger partial charge is 0.0925 e. The summed E-state index contributed by atoms with van der Waals surface area (Å²) in [5.74, 6) is 0. The molecule has 2 heterocycles. The maximum atomic E-state index is 4.38. The second kappa shape index (κ2) is 5.02. The van der Waals surface area contributed by atoms with Crippen molar-refractivity contribution < 1.29 is 0 Å². The molecule has 1 unspecified atom stereocenters. The maximum Gasteiger partial charge on any atom is 0.0925 e. The van der Waals surface area contributed by atoms with Gasteiger partial charge in [-0.25, -0.2) is 4.98 Å². The lowest BCUT2D eigenvalue weighted by atomic mass is 10.00. The highest BCUT2D eigenvalue weighted by atomic mass is 15.0. The first-order valence-electron chi connectivity index (χ1n) is 7.26. The van der Waals surface area contributed by atoms with Gasteiger partial charge in [-0.05, 0) is 24.7 Å². The molecule has 1 fully saturated rings. The number of hydrogen-bond donors (Lipinski definition) is 3. The van der Waals surface area contributed by atoms with Crippen LogP contribution in [-0.2, 0) is 13.0 Å². The molecule has 3 N–H and O–H groups in total. The van der Waals surface area contributed by atoms with E-state index in [0.717, 1.165) is 19.5 Å². The van der Waals surface area contributed by atoms with E-state index in [2.05, 4.69) is 27.5 Å². The van der Waals surface area contributed by atoms with Crippen LogP contribution in [0.5, 0.6) is 0 Å². The van der Waals surface area contributed by atoms with Crippen LogP contribution in [0.1, 0.15) is 44.0 Å². The molecule has 0 bridgehead atoms. The number of nitrogens with one attached hydrogen (secondary N) is 3. The fourth-order valence-corrected chi connectivity index (χ4v) is 3.11. The molecule has 2 aliphatic rings. The van der Waals surface area contributed by atoms with E-state index in [9.17, 15) is 0 Å². The number of rotatable bonds is 6. The van der Waals surface area contributed by atoms with Gasteiger partial charge in [0.25, 0.3) is 0 Å². The number of imidazole rings is 1. The van der Waals surface area contributed by atoms with E-state index >= 15 is 0 Å². The van der Waals surface area contributed by atoms with Crippen LogP contribution in [0.25, 0.3) is 0 Å². The number of hydrogen-bond acceptors (Lipinski definition) is 3. The Balaban J connectivity index is 1.42. The monoisotopic (exact) mass is 248 g/mol. The Hall–Kier alpha value is -0.870. The summed E-state index contributed by atoms with van der Waals surface area (Å²) in [6.07, 6.45) is 8.42. The standard InChI is InChI=1S/C14H24N4/c1-2-3-14(4-5-14)9-15-7-11-6-12-13(8-16-11)18-10-17-12/h10-11,15-16H,2-9H2,1H3,(H,17,18). The Bertz CT molecular complexity index is 394. The number of H-pyrrole nitrogens is 1. The Morgan fingerprint density at radius 1 is 1.50 bits per heavy atom. The van der Waals surface area contributed by atoms with Crippen molar-refractivity contribution in [1.29, 1.82) is 0 Å². The van der Waals surface area contributed by atoms with Gasteiger partial charge in [-0.15, -0.1) is 0 Å². The van der Waals surface area contributed by atoms with Crippen molar-refractivity contribution in [2.24, 2.45) is 5.41 Å². The minimum atomic E-state index is 0.540. The second-order valence-electron chi connectivity index (χ2n) is 5.99. The third-order valence-corrected chi connectivity index (χ3v) is 4.44. The third kappa shape index (κ3) is 2.59. The van der Waals surface area contributed by atoms with E-state index < -0.39 is 0 Å². The predicted molar refractivity (Wildman–Crippen MR) is 72.4 cm³/mol. The van der Waals surface area contributed by atoms with Gasteiger partial charge in [0.2, 0.25) is 0 Å². The highest BCUT2D eigenvalue weighted by molar-refractivity contribution is 5.16. The first kappa shape index (κ1) is 12.2. The lowest BCUT2D eigenvalue weighted by Crippen LogP contribution is -2.44. The number of aromatic amines is 1. The van der Waals surface area contributed by atoms with Gasteiger partial charge in [0.1, 0.15) is 0 Å². The zero-order chi connectivity index (χ0) is 12.4. The molecule has 0 aromatic carbocycles. The summed E-state index contributed by atoms with van der Waals surface area (Å²) < 4.78 is 0. The van der Waals surface area contributed by atoms with E-state index in [4.69, 9.17) is 0 Å². The molecule has 1 aliphatic carbocycles. The molecular weight excluding hydrogens is 224 g/mol. The van der Waals surface area contributed by atoms with Gasteiger partial charge in [-0.2, -0.15) is 0 Å². The highest BCUT2D eigenvalue weighted by Crippen LogP contribution is 2.48. The van der Waals surface area contributed by atoms with Crippen LogP contribution in [0.15, 0.2) is 6.33 Å². The first-order valence-corrected chi connectivity index (χ1v) is 7.26. The van der Waals surface area contributed by atoms with Crippen molar-refractivity contribution in [1.82, 2.24) is 20.6 Å². The zero-order valence-corrected chi connectivity index (χ0v) is 11.3. The van der Waals surface area contributed by atoms with Crippen molar-refractivity contribution in [2.75, 3.05) is 13.1 Å². The lowest BCUT2D eigenvalue weighted by molar-refractivity contribution is 0.383. The van der Waals surface area contributed by atoms with Gasteiger partial charge in [0, 0.05) is 32.1 Å².